The second kappa shape index (κ2) is 8.49. The van der Waals surface area contributed by atoms with Gasteiger partial charge < -0.3 is 9.64 Å². The average molecular weight is 459 g/mol. The summed E-state index contributed by atoms with van der Waals surface area (Å²) in [4.78, 5) is 15.2. The second-order valence-electron chi connectivity index (χ2n) is 9.00. The van der Waals surface area contributed by atoms with Gasteiger partial charge in [0.15, 0.2) is 0 Å². The number of tetrazole rings is 1. The first-order valence-electron chi connectivity index (χ1n) is 10.5. The number of nitrogens with zero attached hydrogens (tertiary/aromatic N) is 5. The van der Waals surface area contributed by atoms with Crippen LogP contribution < -0.4 is 0 Å². The van der Waals surface area contributed by atoms with Crippen molar-refractivity contribution in [3.8, 4) is 11.4 Å². The normalized spacial score (nSPS) is 14.8. The summed E-state index contributed by atoms with van der Waals surface area (Å²) in [6.07, 6.45) is -4.31. The molecule has 1 aliphatic rings. The highest BCUT2D eigenvalue weighted by Gasteiger charge is 2.36. The van der Waals surface area contributed by atoms with Crippen molar-refractivity contribution in [3.05, 3.63) is 65.2 Å². The molecule has 1 fully saturated rings. The van der Waals surface area contributed by atoms with E-state index in [1.165, 1.54) is 16.9 Å². The summed E-state index contributed by atoms with van der Waals surface area (Å²) in [6, 6.07) is 12.5. The fraction of sp³-hybridized carbons (Fsp3) is 0.391. The molecule has 10 heteroatoms. The molecular weight excluding hydrogens is 435 g/mol. The van der Waals surface area contributed by atoms with Crippen LogP contribution in [0.25, 0.3) is 11.4 Å². The first-order chi connectivity index (χ1) is 15.5. The number of alkyl halides is 3. The molecule has 0 unspecified atom stereocenters. The number of hydrogen-bond acceptors (Lipinski definition) is 5. The van der Waals surface area contributed by atoms with E-state index in [-0.39, 0.29) is 12.1 Å². The Kier molecular flexibility index (Phi) is 5.85. The van der Waals surface area contributed by atoms with Crippen LogP contribution in [-0.4, -0.2) is 49.9 Å². The molecule has 1 aliphatic heterocycles. The Labute approximate surface area is 189 Å². The molecular formula is C23H24F3N5O2. The largest absolute Gasteiger partial charge is 0.444 e. The molecule has 0 bridgehead atoms. The van der Waals surface area contributed by atoms with Gasteiger partial charge in [0.2, 0.25) is 5.82 Å². The molecule has 3 aromatic rings. The summed E-state index contributed by atoms with van der Waals surface area (Å²) >= 11 is 0. The fourth-order valence-electron chi connectivity index (χ4n) is 3.49. The molecule has 4 rings (SSSR count). The van der Waals surface area contributed by atoms with Gasteiger partial charge >= 0.3 is 12.3 Å². The van der Waals surface area contributed by atoms with Gasteiger partial charge in [-0.05, 0) is 55.7 Å². The van der Waals surface area contributed by atoms with E-state index in [0.717, 1.165) is 28.8 Å². The number of carbonyl (C=O) groups is 1. The number of hydrogen-bond donors (Lipinski definition) is 0. The van der Waals surface area contributed by atoms with Crippen LogP contribution in [0.2, 0.25) is 0 Å². The summed E-state index contributed by atoms with van der Waals surface area (Å²) in [6.45, 7) is 6.30. The first-order valence-corrected chi connectivity index (χ1v) is 10.5. The topological polar surface area (TPSA) is 73.1 Å². The molecule has 0 atom stereocenters. The molecule has 0 radical (unpaired) electrons. The van der Waals surface area contributed by atoms with Crippen LogP contribution in [0.5, 0.6) is 0 Å². The van der Waals surface area contributed by atoms with E-state index in [0.29, 0.717) is 25.3 Å². The Morgan fingerprint density at radius 3 is 2.36 bits per heavy atom. The van der Waals surface area contributed by atoms with Crippen LogP contribution in [0.4, 0.5) is 18.0 Å². The highest BCUT2D eigenvalue weighted by Crippen LogP contribution is 2.30. The molecule has 0 aliphatic carbocycles. The van der Waals surface area contributed by atoms with Gasteiger partial charge in [0.25, 0.3) is 0 Å². The van der Waals surface area contributed by atoms with Crippen LogP contribution >= 0.6 is 0 Å². The Bertz CT molecular complexity index is 1130. The highest BCUT2D eigenvalue weighted by atomic mass is 19.4. The molecule has 174 valence electrons. The van der Waals surface area contributed by atoms with Crippen molar-refractivity contribution in [2.45, 2.75) is 45.0 Å². The Morgan fingerprint density at radius 1 is 1.06 bits per heavy atom. The van der Waals surface area contributed by atoms with Gasteiger partial charge in [-0.15, -0.1) is 10.2 Å². The molecule has 0 spiro atoms. The fourth-order valence-corrected chi connectivity index (χ4v) is 3.49. The van der Waals surface area contributed by atoms with Crippen molar-refractivity contribution in [3.63, 3.8) is 0 Å². The third kappa shape index (κ3) is 5.32. The number of amides is 1. The van der Waals surface area contributed by atoms with E-state index in [1.807, 2.05) is 45.0 Å². The standard InChI is InChI=1S/C23H24F3N5O2/c1-22(2,3)33-21(32)30-13-18(14-30)31-28-20(27-29-31)19-7-5-4-6-16(19)12-15-8-10-17(11-9-15)23(24,25)26/h4-11,18H,12-14H2,1-3H3. The molecule has 1 amide bonds. The third-order valence-corrected chi connectivity index (χ3v) is 5.20. The molecule has 1 saturated heterocycles. The van der Waals surface area contributed by atoms with E-state index >= 15 is 0 Å². The minimum Gasteiger partial charge on any atom is -0.444 e. The first kappa shape index (κ1) is 22.8. The van der Waals surface area contributed by atoms with Gasteiger partial charge in [-0.2, -0.15) is 18.0 Å². The molecule has 33 heavy (non-hydrogen) atoms. The minimum absolute atomic E-state index is 0.0964. The zero-order valence-electron chi connectivity index (χ0n) is 18.5. The van der Waals surface area contributed by atoms with Crippen LogP contribution in [0.1, 0.15) is 43.5 Å². The van der Waals surface area contributed by atoms with Gasteiger partial charge in [-0.3, -0.25) is 0 Å². The zero-order chi connectivity index (χ0) is 23.8. The van der Waals surface area contributed by atoms with Crippen molar-refractivity contribution in [2.24, 2.45) is 0 Å². The zero-order valence-corrected chi connectivity index (χ0v) is 18.5. The van der Waals surface area contributed by atoms with E-state index in [9.17, 15) is 18.0 Å². The number of halogens is 3. The number of benzene rings is 2. The van der Waals surface area contributed by atoms with Crippen molar-refractivity contribution in [1.82, 2.24) is 25.1 Å². The Balaban J connectivity index is 1.45. The van der Waals surface area contributed by atoms with Gasteiger partial charge in [0.05, 0.1) is 18.7 Å². The van der Waals surface area contributed by atoms with Crippen molar-refractivity contribution >= 4 is 6.09 Å². The summed E-state index contributed by atoms with van der Waals surface area (Å²) in [7, 11) is 0. The van der Waals surface area contributed by atoms with Crippen LogP contribution in [-0.2, 0) is 17.3 Å². The van der Waals surface area contributed by atoms with E-state index < -0.39 is 17.3 Å². The summed E-state index contributed by atoms with van der Waals surface area (Å²) in [5, 5.41) is 12.8. The number of aromatic nitrogens is 4. The number of carbonyl (C=O) groups excluding carboxylic acids is 1. The molecule has 1 aromatic heterocycles. The second-order valence-corrected chi connectivity index (χ2v) is 9.00. The average Bonchev–Trinajstić information content (AvgIpc) is 3.15. The van der Waals surface area contributed by atoms with E-state index in [4.69, 9.17) is 4.74 Å². The third-order valence-electron chi connectivity index (χ3n) is 5.20. The Morgan fingerprint density at radius 2 is 1.73 bits per heavy atom. The molecule has 7 nitrogen and oxygen atoms in total. The van der Waals surface area contributed by atoms with E-state index in [1.54, 1.807) is 4.90 Å². The molecule has 0 N–H and O–H groups in total. The summed E-state index contributed by atoms with van der Waals surface area (Å²) in [5.74, 6) is 0.424. The monoisotopic (exact) mass is 459 g/mol. The summed E-state index contributed by atoms with van der Waals surface area (Å²) < 4.78 is 43.8. The lowest BCUT2D eigenvalue weighted by atomic mass is 9.98. The van der Waals surface area contributed by atoms with Crippen molar-refractivity contribution in [1.29, 1.82) is 0 Å². The lowest BCUT2D eigenvalue weighted by Crippen LogP contribution is -2.52. The smallest absolute Gasteiger partial charge is 0.416 e. The van der Waals surface area contributed by atoms with E-state index in [2.05, 4.69) is 15.4 Å². The van der Waals surface area contributed by atoms with Gasteiger partial charge in [0.1, 0.15) is 11.6 Å². The number of rotatable bonds is 4. The SMILES string of the molecule is CC(C)(C)OC(=O)N1CC(n2nnc(-c3ccccc3Cc3ccc(C(F)(F)F)cc3)n2)C1. The lowest BCUT2D eigenvalue weighted by molar-refractivity contribution is -0.137. The molecule has 2 aromatic carbocycles. The number of likely N-dealkylation sites (tertiary alicyclic amines) is 1. The number of ether oxygens (including phenoxy) is 1. The van der Waals surface area contributed by atoms with Crippen LogP contribution in [0.3, 0.4) is 0 Å². The summed E-state index contributed by atoms with van der Waals surface area (Å²) in [5.41, 5.74) is 1.14. The maximum atomic E-state index is 12.8. The maximum Gasteiger partial charge on any atom is 0.416 e. The van der Waals surface area contributed by atoms with Crippen molar-refractivity contribution in [2.75, 3.05) is 13.1 Å². The predicted octanol–water partition coefficient (Wildman–Crippen LogP) is 4.74. The van der Waals surface area contributed by atoms with Crippen LogP contribution in [0, 0.1) is 0 Å². The van der Waals surface area contributed by atoms with Crippen LogP contribution in [0.15, 0.2) is 48.5 Å². The maximum absolute atomic E-state index is 12.8. The molecule has 2 heterocycles. The molecule has 0 saturated carbocycles. The lowest BCUT2D eigenvalue weighted by Gasteiger charge is -2.38. The van der Waals surface area contributed by atoms with Gasteiger partial charge in [-0.1, -0.05) is 36.4 Å². The quantitative estimate of drug-likeness (QED) is 0.564. The highest BCUT2D eigenvalue weighted by molar-refractivity contribution is 5.69. The van der Waals surface area contributed by atoms with Gasteiger partial charge in [0, 0.05) is 5.56 Å². The van der Waals surface area contributed by atoms with Crippen molar-refractivity contribution < 1.29 is 22.7 Å². The Hall–Kier alpha value is -3.43. The minimum atomic E-state index is -4.36. The van der Waals surface area contributed by atoms with Gasteiger partial charge in [-0.25, -0.2) is 4.79 Å². The predicted molar refractivity (Wildman–Crippen MR) is 114 cm³/mol.